The molecule has 6 nitrogen and oxygen atoms in total. The zero-order valence-electron chi connectivity index (χ0n) is 55.4. The summed E-state index contributed by atoms with van der Waals surface area (Å²) in [6.45, 7) is 34.8. The number of hydrogen-bond donors (Lipinski definition) is 1. The van der Waals surface area contributed by atoms with Crippen LogP contribution in [0.15, 0.2) is 127 Å². The molecule has 0 spiro atoms. The number of alkyl halides is 3. The van der Waals surface area contributed by atoms with Crippen LogP contribution < -0.4 is 9.47 Å². The van der Waals surface area contributed by atoms with Gasteiger partial charge in [0.2, 0.25) is 0 Å². The number of pyridine rings is 2. The van der Waals surface area contributed by atoms with Crippen molar-refractivity contribution in [3.05, 3.63) is 167 Å². The number of aliphatic hydroxyl groups is 1. The average Bonchev–Trinajstić information content (AvgIpc) is 0.728. The summed E-state index contributed by atoms with van der Waals surface area (Å²) >= 11 is 0. The van der Waals surface area contributed by atoms with Crippen molar-refractivity contribution >= 4 is 70.4 Å². The number of hydrogen-bond acceptors (Lipinski definition) is 6. The van der Waals surface area contributed by atoms with Crippen LogP contribution in [0.3, 0.4) is 0 Å². The van der Waals surface area contributed by atoms with Gasteiger partial charge in [-0.25, -0.2) is 0 Å². The van der Waals surface area contributed by atoms with Crippen LogP contribution in [-0.2, 0) is 50.6 Å². The first kappa shape index (κ1) is 67.3. The molecule has 1 atom stereocenters. The molecule has 0 bridgehead atoms. The molecule has 1 radical (unpaired) electrons. The van der Waals surface area contributed by atoms with Gasteiger partial charge < -0.3 is 14.6 Å². The third-order valence-corrected chi connectivity index (χ3v) is 16.9. The van der Waals surface area contributed by atoms with Gasteiger partial charge in [-0.05, 0) is 141 Å². The van der Waals surface area contributed by atoms with E-state index in [0.717, 1.165) is 98.8 Å². The summed E-state index contributed by atoms with van der Waals surface area (Å²) in [5, 5.41) is 23.8. The number of ether oxygens (including phenoxy) is 2. The molecule has 12 rings (SSSR count). The number of aliphatic hydroxyl groups excluding tert-OH is 1. The van der Waals surface area contributed by atoms with Gasteiger partial charge in [-0.1, -0.05) is 209 Å². The Morgan fingerprint density at radius 2 is 0.967 bits per heavy atom. The van der Waals surface area contributed by atoms with Gasteiger partial charge in [0, 0.05) is 72.6 Å². The number of fused-ring (bicyclic) bond motifs is 10. The van der Waals surface area contributed by atoms with Crippen molar-refractivity contribution in [3.8, 4) is 45.5 Å². The normalized spacial score (nSPS) is 13.5. The van der Waals surface area contributed by atoms with Crippen molar-refractivity contribution in [1.29, 1.82) is 0 Å². The Morgan fingerprint density at radius 1 is 0.533 bits per heavy atom. The van der Waals surface area contributed by atoms with E-state index in [1.165, 1.54) is 70.9 Å². The van der Waals surface area contributed by atoms with Gasteiger partial charge in [-0.2, -0.15) is 13.2 Å². The molecular weight excluding hydrogens is 1300 g/mol. The quantitative estimate of drug-likeness (QED) is 0.0601. The average molecular weight is 1390 g/mol. The van der Waals surface area contributed by atoms with Crippen LogP contribution in [0.4, 0.5) is 13.2 Å². The summed E-state index contributed by atoms with van der Waals surface area (Å²) < 4.78 is 50.4. The Bertz CT molecular complexity index is 4390. The molecule has 473 valence electrons. The molecule has 1 unspecified atom stereocenters. The SMILES string of the molecule is CC(C)(C)Cc1ccc2c(c1)cc1c3c(nccc32)-c2[c-]c3ccccc3c(CC(C)(C)C)c2O1.CCC(CC)C(=O)/C=C(\O)C(CC)CC(F)(F)F.Cc1ccc2c(CC(C)(C)C)c3c([c-]c2c1)-c1nccc2c1c(cc1cc(CC(C)(C)C)ccc12)O3.[Ir]. The predicted molar refractivity (Wildman–Crippen MR) is 364 cm³/mol. The van der Waals surface area contributed by atoms with Crippen LogP contribution in [0.5, 0.6) is 23.0 Å². The van der Waals surface area contributed by atoms with Gasteiger partial charge in [0.1, 0.15) is 11.5 Å². The Kier molecular flexibility index (Phi) is 19.3. The topological polar surface area (TPSA) is 81.5 Å². The summed E-state index contributed by atoms with van der Waals surface area (Å²) in [5.74, 6) is 1.63. The van der Waals surface area contributed by atoms with Crippen molar-refractivity contribution < 1.29 is 52.7 Å². The maximum atomic E-state index is 12.3. The Balaban J connectivity index is 0.000000169. The van der Waals surface area contributed by atoms with Gasteiger partial charge in [-0.3, -0.25) is 14.8 Å². The summed E-state index contributed by atoms with van der Waals surface area (Å²) in [6.07, 6.45) is 4.72. The van der Waals surface area contributed by atoms with Gasteiger partial charge in [0.15, 0.2) is 5.78 Å². The molecule has 2 aromatic heterocycles. The minimum Gasteiger partial charge on any atom is -0.512 e. The third-order valence-electron chi connectivity index (χ3n) is 16.9. The van der Waals surface area contributed by atoms with Crippen molar-refractivity contribution in [2.24, 2.45) is 33.5 Å². The molecule has 0 saturated carbocycles. The van der Waals surface area contributed by atoms with Gasteiger partial charge >= 0.3 is 6.18 Å². The van der Waals surface area contributed by atoms with Gasteiger partial charge in [0.05, 0.1) is 23.7 Å². The summed E-state index contributed by atoms with van der Waals surface area (Å²) in [4.78, 5) is 21.5. The van der Waals surface area contributed by atoms with E-state index in [2.05, 4.69) is 205 Å². The first-order chi connectivity index (χ1) is 41.8. The van der Waals surface area contributed by atoms with Crippen LogP contribution >= 0.6 is 0 Å². The number of aryl methyl sites for hydroxylation is 1. The number of aromatic nitrogens is 2. The second kappa shape index (κ2) is 25.9. The number of allylic oxidation sites excluding steroid dienone is 2. The van der Waals surface area contributed by atoms with Crippen molar-refractivity contribution in [3.63, 3.8) is 0 Å². The molecule has 8 aromatic carbocycles. The molecule has 0 fully saturated rings. The summed E-state index contributed by atoms with van der Waals surface area (Å²) in [7, 11) is 0. The van der Waals surface area contributed by atoms with E-state index in [0.29, 0.717) is 12.8 Å². The van der Waals surface area contributed by atoms with Crippen LogP contribution in [0, 0.1) is 52.6 Å². The number of carbonyl (C=O) groups excluding carboxylic acids is 1. The number of ketones is 1. The number of rotatable bonds is 11. The van der Waals surface area contributed by atoms with Crippen LogP contribution in [-0.4, -0.2) is 27.0 Å². The zero-order valence-corrected chi connectivity index (χ0v) is 57.8. The fourth-order valence-electron chi connectivity index (χ4n) is 13.0. The zero-order chi connectivity index (χ0) is 64.3. The van der Waals surface area contributed by atoms with E-state index >= 15 is 0 Å². The first-order valence-electron chi connectivity index (χ1n) is 31.8. The smallest absolute Gasteiger partial charge is 0.389 e. The second-order valence-corrected chi connectivity index (χ2v) is 29.8. The maximum absolute atomic E-state index is 12.3. The molecule has 10 aromatic rings. The van der Waals surface area contributed by atoms with E-state index < -0.39 is 24.3 Å². The third kappa shape index (κ3) is 14.9. The number of halogens is 3. The summed E-state index contributed by atoms with van der Waals surface area (Å²) in [5.41, 5.74) is 11.1. The molecule has 0 amide bonds. The standard InChI is InChI=1S/C34H34NO.C33H32NO.C13H21F3O2.Ir/c1-20-8-10-25-22(14-20)16-27-31-30-26(12-13-35-31)24-11-9-21(18-33(2,3)4)15-23(24)17-29(30)36-32(27)28(25)19-34(5,6)7;1-32(2,3)18-20-11-12-24-22(15-20)17-28-29-25(24)13-14-34-30(29)26-16-21-9-7-8-10-23(21)27(31(26)35-28)19-33(4,5)6;1-4-9(5-2)11(17)7-12(18)10(6-3)8-13(14,15)16;/h8-15,17H,18-19H2,1-7H3;7-15,17H,18-19H2,1-6H3;7,9-10,18H,4-6,8H2,1-3H3;/q2*-1;;/b;;12-7-;. The molecule has 0 aliphatic carbocycles. The van der Waals surface area contributed by atoms with Crippen LogP contribution in [0.25, 0.3) is 87.1 Å². The van der Waals surface area contributed by atoms with E-state index in [9.17, 15) is 23.1 Å². The number of benzene rings is 8. The predicted octanol–water partition coefficient (Wildman–Crippen LogP) is 23.3. The first-order valence-corrected chi connectivity index (χ1v) is 31.8. The van der Waals surface area contributed by atoms with E-state index in [1.807, 2.05) is 26.2 Å². The Morgan fingerprint density at radius 3 is 1.41 bits per heavy atom. The molecule has 2 aliphatic heterocycles. The van der Waals surface area contributed by atoms with Crippen LogP contribution in [0.1, 0.15) is 157 Å². The minimum atomic E-state index is -4.33. The molecule has 4 heterocycles. The van der Waals surface area contributed by atoms with E-state index in [1.54, 1.807) is 6.92 Å². The summed E-state index contributed by atoms with van der Waals surface area (Å²) in [6, 6.07) is 45.0. The van der Waals surface area contributed by atoms with E-state index in [4.69, 9.17) is 19.4 Å². The van der Waals surface area contributed by atoms with Crippen molar-refractivity contribution in [2.75, 3.05) is 0 Å². The van der Waals surface area contributed by atoms with Gasteiger partial charge in [-0.15, -0.1) is 35.0 Å². The monoisotopic (exact) mass is 1390 g/mol. The van der Waals surface area contributed by atoms with Crippen molar-refractivity contribution in [2.45, 2.75) is 168 Å². The number of nitrogens with zero attached hydrogens (tertiary/aromatic N) is 2. The van der Waals surface area contributed by atoms with Gasteiger partial charge in [0.25, 0.3) is 0 Å². The molecule has 10 heteroatoms. The molecule has 90 heavy (non-hydrogen) atoms. The largest absolute Gasteiger partial charge is 0.512 e. The minimum absolute atomic E-state index is 0. The molecular formula is C80H87F3IrN2O4-2. The molecule has 1 N–H and O–H groups in total. The molecule has 2 aliphatic rings. The van der Waals surface area contributed by atoms with E-state index in [-0.39, 0.29) is 59.9 Å². The Hall–Kier alpha value is -7.13. The number of carbonyl (C=O) groups is 1. The second-order valence-electron chi connectivity index (χ2n) is 29.8. The van der Waals surface area contributed by atoms with Crippen LogP contribution in [0.2, 0.25) is 0 Å². The molecule has 0 saturated heterocycles. The Labute approximate surface area is 544 Å². The van der Waals surface area contributed by atoms with Crippen molar-refractivity contribution in [1.82, 2.24) is 9.97 Å². The fraction of sp³-hybridized carbons (Fsp3) is 0.388. The fourth-order valence-corrected chi connectivity index (χ4v) is 13.0. The maximum Gasteiger partial charge on any atom is 0.389 e.